The van der Waals surface area contributed by atoms with Gasteiger partial charge in [0.25, 0.3) is 0 Å². The van der Waals surface area contributed by atoms with E-state index in [9.17, 15) is 0 Å². The fourth-order valence-corrected chi connectivity index (χ4v) is 1.93. The van der Waals surface area contributed by atoms with Gasteiger partial charge in [0.1, 0.15) is 5.75 Å². The van der Waals surface area contributed by atoms with Crippen LogP contribution in [0.3, 0.4) is 0 Å². The number of rotatable bonds is 5. The highest BCUT2D eigenvalue weighted by atomic mass is 35.5. The van der Waals surface area contributed by atoms with E-state index in [4.69, 9.17) is 21.6 Å². The third-order valence-electron chi connectivity index (χ3n) is 2.35. The molecule has 1 rings (SSSR count). The molecule has 1 aromatic carbocycles. The molecule has 16 heavy (non-hydrogen) atoms. The maximum atomic E-state index is 8.40. The molecular formula is C13H16ClNO. The van der Waals surface area contributed by atoms with E-state index in [0.29, 0.717) is 13.0 Å². The highest BCUT2D eigenvalue weighted by Crippen LogP contribution is 2.27. The number of benzene rings is 1. The summed E-state index contributed by atoms with van der Waals surface area (Å²) in [4.78, 5) is 0. The molecule has 0 fully saturated rings. The summed E-state index contributed by atoms with van der Waals surface area (Å²) < 4.78 is 5.70. The van der Waals surface area contributed by atoms with Crippen LogP contribution in [0.5, 0.6) is 5.75 Å². The lowest BCUT2D eigenvalue weighted by atomic mass is 10.1. The average molecular weight is 238 g/mol. The standard InChI is InChI=1S/C13H16ClNO/c1-10-8-12(14)9-11(2)13(10)16-7-5-3-4-6-15/h8-9H,3-5,7H2,1-2H3. The van der Waals surface area contributed by atoms with Gasteiger partial charge in [-0.2, -0.15) is 5.26 Å². The van der Waals surface area contributed by atoms with Gasteiger partial charge in [0.15, 0.2) is 0 Å². The van der Waals surface area contributed by atoms with Crippen LogP contribution in [0.2, 0.25) is 5.02 Å². The number of halogens is 1. The van der Waals surface area contributed by atoms with Crippen LogP contribution in [-0.2, 0) is 0 Å². The van der Waals surface area contributed by atoms with Crippen LogP contribution in [0.1, 0.15) is 30.4 Å². The van der Waals surface area contributed by atoms with Crippen molar-refractivity contribution in [2.75, 3.05) is 6.61 Å². The van der Waals surface area contributed by atoms with Crippen LogP contribution in [0, 0.1) is 25.2 Å². The molecule has 1 aromatic rings. The van der Waals surface area contributed by atoms with Crippen LogP contribution in [0.25, 0.3) is 0 Å². The Kier molecular flexibility index (Phi) is 5.14. The molecule has 0 radical (unpaired) electrons. The van der Waals surface area contributed by atoms with Crippen molar-refractivity contribution < 1.29 is 4.74 Å². The maximum absolute atomic E-state index is 8.40. The summed E-state index contributed by atoms with van der Waals surface area (Å²) in [5.74, 6) is 0.918. The van der Waals surface area contributed by atoms with E-state index in [1.54, 1.807) is 0 Å². The van der Waals surface area contributed by atoms with Crippen molar-refractivity contribution in [3.8, 4) is 11.8 Å². The zero-order chi connectivity index (χ0) is 12.0. The smallest absolute Gasteiger partial charge is 0.125 e. The maximum Gasteiger partial charge on any atom is 0.125 e. The van der Waals surface area contributed by atoms with Crippen LogP contribution in [0.15, 0.2) is 12.1 Å². The van der Waals surface area contributed by atoms with Gasteiger partial charge in [-0.1, -0.05) is 11.6 Å². The van der Waals surface area contributed by atoms with Gasteiger partial charge in [-0.05, 0) is 49.9 Å². The van der Waals surface area contributed by atoms with Crippen molar-refractivity contribution in [3.05, 3.63) is 28.3 Å². The van der Waals surface area contributed by atoms with Gasteiger partial charge >= 0.3 is 0 Å². The molecule has 2 nitrogen and oxygen atoms in total. The Bertz CT molecular complexity index is 372. The van der Waals surface area contributed by atoms with Crippen LogP contribution >= 0.6 is 11.6 Å². The Morgan fingerprint density at radius 3 is 2.44 bits per heavy atom. The summed E-state index contributed by atoms with van der Waals surface area (Å²) in [6.45, 7) is 4.64. The highest BCUT2D eigenvalue weighted by Gasteiger charge is 2.05. The van der Waals surface area contributed by atoms with E-state index in [1.807, 2.05) is 26.0 Å². The molecule has 3 heteroatoms. The van der Waals surface area contributed by atoms with Gasteiger partial charge in [0.05, 0.1) is 12.7 Å². The number of ether oxygens (including phenoxy) is 1. The topological polar surface area (TPSA) is 33.0 Å². The van der Waals surface area contributed by atoms with Gasteiger partial charge in [-0.3, -0.25) is 0 Å². The Morgan fingerprint density at radius 1 is 1.25 bits per heavy atom. The van der Waals surface area contributed by atoms with Crippen LogP contribution in [-0.4, -0.2) is 6.61 Å². The molecule has 0 aromatic heterocycles. The Balaban J connectivity index is 2.51. The Hall–Kier alpha value is -1.20. The summed E-state index contributed by atoms with van der Waals surface area (Å²) in [6, 6.07) is 5.93. The molecule has 86 valence electrons. The second-order valence-corrected chi connectivity index (χ2v) is 4.27. The minimum Gasteiger partial charge on any atom is -0.493 e. The molecular weight excluding hydrogens is 222 g/mol. The van der Waals surface area contributed by atoms with Crippen molar-refractivity contribution >= 4 is 11.6 Å². The van der Waals surface area contributed by atoms with Gasteiger partial charge < -0.3 is 4.74 Å². The van der Waals surface area contributed by atoms with Crippen molar-refractivity contribution in [2.24, 2.45) is 0 Å². The number of unbranched alkanes of at least 4 members (excludes halogenated alkanes) is 2. The lowest BCUT2D eigenvalue weighted by Gasteiger charge is -2.12. The first-order valence-corrected chi connectivity index (χ1v) is 5.79. The minimum absolute atomic E-state index is 0.599. The number of hydrogen-bond donors (Lipinski definition) is 0. The molecule has 0 saturated carbocycles. The van der Waals surface area contributed by atoms with Crippen molar-refractivity contribution in [1.29, 1.82) is 5.26 Å². The predicted molar refractivity (Wildman–Crippen MR) is 65.9 cm³/mol. The van der Waals surface area contributed by atoms with E-state index in [1.165, 1.54) is 0 Å². The van der Waals surface area contributed by atoms with Gasteiger partial charge in [-0.15, -0.1) is 0 Å². The fourth-order valence-electron chi connectivity index (χ4n) is 1.61. The quantitative estimate of drug-likeness (QED) is 0.725. The molecule has 0 atom stereocenters. The first-order valence-electron chi connectivity index (χ1n) is 5.41. The summed E-state index contributed by atoms with van der Waals surface area (Å²) in [7, 11) is 0. The van der Waals surface area contributed by atoms with Crippen molar-refractivity contribution in [2.45, 2.75) is 33.1 Å². The zero-order valence-corrected chi connectivity index (χ0v) is 10.5. The van der Waals surface area contributed by atoms with Crippen molar-refractivity contribution in [1.82, 2.24) is 0 Å². The van der Waals surface area contributed by atoms with E-state index >= 15 is 0 Å². The number of nitrogens with zero attached hydrogens (tertiary/aromatic N) is 1. The molecule has 0 aliphatic rings. The van der Waals surface area contributed by atoms with Crippen LogP contribution < -0.4 is 4.74 Å². The molecule has 0 aliphatic carbocycles. The molecule has 0 heterocycles. The lowest BCUT2D eigenvalue weighted by Crippen LogP contribution is -2.00. The van der Waals surface area contributed by atoms with Gasteiger partial charge in [-0.25, -0.2) is 0 Å². The molecule has 0 spiro atoms. The number of nitriles is 1. The predicted octanol–water partition coefficient (Wildman–Crippen LogP) is 4.03. The average Bonchev–Trinajstić information content (AvgIpc) is 2.20. The van der Waals surface area contributed by atoms with Gasteiger partial charge in [0, 0.05) is 11.4 Å². The van der Waals surface area contributed by atoms with Crippen LogP contribution in [0.4, 0.5) is 0 Å². The first-order chi connectivity index (χ1) is 7.65. The third kappa shape index (κ3) is 3.75. The largest absolute Gasteiger partial charge is 0.493 e. The number of aryl methyl sites for hydroxylation is 2. The molecule has 0 unspecified atom stereocenters. The van der Waals surface area contributed by atoms with E-state index in [0.717, 1.165) is 34.7 Å². The summed E-state index contributed by atoms with van der Waals surface area (Å²) >= 11 is 5.93. The zero-order valence-electron chi connectivity index (χ0n) is 9.72. The summed E-state index contributed by atoms with van der Waals surface area (Å²) in [6.07, 6.45) is 2.40. The molecule has 0 amide bonds. The van der Waals surface area contributed by atoms with E-state index in [2.05, 4.69) is 6.07 Å². The number of hydrogen-bond acceptors (Lipinski definition) is 2. The SMILES string of the molecule is Cc1cc(Cl)cc(C)c1OCCCCC#N. The monoisotopic (exact) mass is 237 g/mol. The normalized spacial score (nSPS) is 9.88. The fraction of sp³-hybridized carbons (Fsp3) is 0.462. The van der Waals surface area contributed by atoms with E-state index in [-0.39, 0.29) is 0 Å². The van der Waals surface area contributed by atoms with Crippen molar-refractivity contribution in [3.63, 3.8) is 0 Å². The highest BCUT2D eigenvalue weighted by molar-refractivity contribution is 6.30. The summed E-state index contributed by atoms with van der Waals surface area (Å²) in [5, 5.41) is 9.14. The molecule has 0 N–H and O–H groups in total. The second kappa shape index (κ2) is 6.40. The van der Waals surface area contributed by atoms with E-state index < -0.39 is 0 Å². The van der Waals surface area contributed by atoms with Gasteiger partial charge in [0.2, 0.25) is 0 Å². The minimum atomic E-state index is 0.599. The summed E-state index contributed by atoms with van der Waals surface area (Å²) in [5.41, 5.74) is 2.12. The molecule has 0 aliphatic heterocycles. The molecule has 0 bridgehead atoms. The lowest BCUT2D eigenvalue weighted by molar-refractivity contribution is 0.303. The molecule has 0 saturated heterocycles. The Labute approximate surface area is 102 Å². The Morgan fingerprint density at radius 2 is 1.88 bits per heavy atom. The third-order valence-corrected chi connectivity index (χ3v) is 2.57. The first kappa shape index (κ1) is 12.9. The second-order valence-electron chi connectivity index (χ2n) is 3.83.